The van der Waals surface area contributed by atoms with Crippen LogP contribution in [0.15, 0.2) is 42.5 Å². The van der Waals surface area contributed by atoms with Crippen LogP contribution in [0.5, 0.6) is 0 Å². The topological polar surface area (TPSA) is 74.6 Å². The summed E-state index contributed by atoms with van der Waals surface area (Å²) in [6.07, 6.45) is 0. The Kier molecular flexibility index (Phi) is 3.10. The Labute approximate surface area is 103 Å². The summed E-state index contributed by atoms with van der Waals surface area (Å²) < 4.78 is 0. The molecule has 0 bridgehead atoms. The number of carbonyl (C=O) groups is 2. The molecular weight excluding hydrogens is 232 g/mol. The fraction of sp³-hybridized carbons (Fsp3) is 0. The first-order chi connectivity index (χ1) is 8.61. The number of hydrogen-bond acceptors (Lipinski definition) is 2. The van der Waals surface area contributed by atoms with Crippen molar-refractivity contribution >= 4 is 11.9 Å². The van der Waals surface area contributed by atoms with Gasteiger partial charge in [0.2, 0.25) is 0 Å². The van der Waals surface area contributed by atoms with Crippen LogP contribution < -0.4 is 0 Å². The third kappa shape index (κ3) is 2.08. The lowest BCUT2D eigenvalue weighted by Gasteiger charge is -2.08. The van der Waals surface area contributed by atoms with Crippen LogP contribution in [0.2, 0.25) is 0 Å². The normalized spacial score (nSPS) is 10.0. The van der Waals surface area contributed by atoms with E-state index in [9.17, 15) is 14.7 Å². The van der Waals surface area contributed by atoms with Gasteiger partial charge in [0.15, 0.2) is 0 Å². The molecule has 4 heteroatoms. The zero-order chi connectivity index (χ0) is 13.1. The second kappa shape index (κ2) is 4.71. The van der Waals surface area contributed by atoms with Crippen LogP contribution in [0.25, 0.3) is 11.1 Å². The van der Waals surface area contributed by atoms with Gasteiger partial charge >= 0.3 is 11.9 Å². The predicted molar refractivity (Wildman–Crippen MR) is 64.6 cm³/mol. The molecule has 89 valence electrons. The van der Waals surface area contributed by atoms with Crippen LogP contribution >= 0.6 is 0 Å². The molecule has 1 radical (unpaired) electrons. The van der Waals surface area contributed by atoms with Gasteiger partial charge in [0.05, 0.1) is 11.1 Å². The fourth-order valence-electron chi connectivity index (χ4n) is 1.77. The van der Waals surface area contributed by atoms with Crippen LogP contribution in [0, 0.1) is 6.07 Å². The van der Waals surface area contributed by atoms with E-state index in [-0.39, 0.29) is 11.1 Å². The summed E-state index contributed by atoms with van der Waals surface area (Å²) in [5, 5.41) is 18.2. The third-order valence-corrected chi connectivity index (χ3v) is 2.54. The van der Waals surface area contributed by atoms with Gasteiger partial charge < -0.3 is 10.2 Å². The number of hydrogen-bond donors (Lipinski definition) is 2. The number of rotatable bonds is 3. The summed E-state index contributed by atoms with van der Waals surface area (Å²) in [7, 11) is 0. The SMILES string of the molecule is O=C(O)c1cccc(-c2cc[c]cc2)c1C(=O)O. The number of aromatic carboxylic acids is 2. The second-order valence-electron chi connectivity index (χ2n) is 3.63. The molecule has 18 heavy (non-hydrogen) atoms. The monoisotopic (exact) mass is 241 g/mol. The summed E-state index contributed by atoms with van der Waals surface area (Å²) in [6, 6.07) is 13.9. The van der Waals surface area contributed by atoms with E-state index in [1.54, 1.807) is 30.3 Å². The fourth-order valence-corrected chi connectivity index (χ4v) is 1.77. The quantitative estimate of drug-likeness (QED) is 0.865. The molecule has 4 nitrogen and oxygen atoms in total. The molecule has 0 spiro atoms. The van der Waals surface area contributed by atoms with Gasteiger partial charge in [-0.25, -0.2) is 9.59 Å². The summed E-state index contributed by atoms with van der Waals surface area (Å²) >= 11 is 0. The summed E-state index contributed by atoms with van der Waals surface area (Å²) in [5.41, 5.74) is 0.620. The molecule has 0 aliphatic heterocycles. The average Bonchev–Trinajstić information content (AvgIpc) is 2.38. The zero-order valence-electron chi connectivity index (χ0n) is 9.25. The molecule has 0 fully saturated rings. The van der Waals surface area contributed by atoms with Crippen molar-refractivity contribution < 1.29 is 19.8 Å². The van der Waals surface area contributed by atoms with Crippen molar-refractivity contribution in [3.63, 3.8) is 0 Å². The lowest BCUT2D eigenvalue weighted by atomic mass is 9.95. The summed E-state index contributed by atoms with van der Waals surface area (Å²) in [4.78, 5) is 22.3. The molecule has 0 heterocycles. The Balaban J connectivity index is 2.72. The minimum atomic E-state index is -1.25. The van der Waals surface area contributed by atoms with Gasteiger partial charge in [-0.1, -0.05) is 36.4 Å². The molecule has 0 saturated carbocycles. The number of carboxylic acid groups (broad SMARTS) is 2. The van der Waals surface area contributed by atoms with Gasteiger partial charge in [0.25, 0.3) is 0 Å². The van der Waals surface area contributed by atoms with Crippen LogP contribution in [0.3, 0.4) is 0 Å². The van der Waals surface area contributed by atoms with Gasteiger partial charge in [-0.2, -0.15) is 0 Å². The van der Waals surface area contributed by atoms with Crippen molar-refractivity contribution in [3.8, 4) is 11.1 Å². The third-order valence-electron chi connectivity index (χ3n) is 2.54. The van der Waals surface area contributed by atoms with Crippen molar-refractivity contribution in [1.29, 1.82) is 0 Å². The van der Waals surface area contributed by atoms with E-state index in [2.05, 4.69) is 6.07 Å². The highest BCUT2D eigenvalue weighted by Gasteiger charge is 2.20. The van der Waals surface area contributed by atoms with Gasteiger partial charge in [-0.3, -0.25) is 0 Å². The average molecular weight is 241 g/mol. The van der Waals surface area contributed by atoms with Crippen LogP contribution in [0.1, 0.15) is 20.7 Å². The maximum atomic E-state index is 11.2. The largest absolute Gasteiger partial charge is 0.478 e. The van der Waals surface area contributed by atoms with Crippen molar-refractivity contribution in [3.05, 3.63) is 59.7 Å². The Morgan fingerprint density at radius 3 is 2.17 bits per heavy atom. The predicted octanol–water partition coefficient (Wildman–Crippen LogP) is 2.55. The smallest absolute Gasteiger partial charge is 0.337 e. The van der Waals surface area contributed by atoms with Crippen LogP contribution in [0.4, 0.5) is 0 Å². The Morgan fingerprint density at radius 2 is 1.61 bits per heavy atom. The highest BCUT2D eigenvalue weighted by molar-refractivity contribution is 6.06. The first-order valence-electron chi connectivity index (χ1n) is 5.17. The number of benzene rings is 2. The molecule has 0 amide bonds. The molecular formula is C14H9O4. The van der Waals surface area contributed by atoms with Crippen molar-refractivity contribution in [2.45, 2.75) is 0 Å². The lowest BCUT2D eigenvalue weighted by molar-refractivity contribution is 0.0652. The first-order valence-corrected chi connectivity index (χ1v) is 5.17. The van der Waals surface area contributed by atoms with E-state index in [1.165, 1.54) is 12.1 Å². The van der Waals surface area contributed by atoms with E-state index >= 15 is 0 Å². The standard InChI is InChI=1S/C14H9O4/c15-13(16)11-8-4-7-10(12(11)14(17)18)9-5-2-1-3-6-9/h2-8H,(H,15,16)(H,17,18). The van der Waals surface area contributed by atoms with Gasteiger partial charge in [0.1, 0.15) is 0 Å². The van der Waals surface area contributed by atoms with Crippen molar-refractivity contribution in [1.82, 2.24) is 0 Å². The van der Waals surface area contributed by atoms with Gasteiger partial charge in [-0.05, 0) is 23.3 Å². The van der Waals surface area contributed by atoms with Gasteiger partial charge in [0, 0.05) is 0 Å². The summed E-state index contributed by atoms with van der Waals surface area (Å²) in [6.45, 7) is 0. The molecule has 0 unspecified atom stereocenters. The maximum absolute atomic E-state index is 11.2. The van der Waals surface area contributed by atoms with E-state index in [0.717, 1.165) is 0 Å². The Hall–Kier alpha value is -2.62. The Morgan fingerprint density at radius 1 is 0.944 bits per heavy atom. The molecule has 0 aliphatic carbocycles. The van der Waals surface area contributed by atoms with Crippen molar-refractivity contribution in [2.75, 3.05) is 0 Å². The molecule has 2 aromatic rings. The van der Waals surface area contributed by atoms with Gasteiger partial charge in [-0.15, -0.1) is 0 Å². The van der Waals surface area contributed by atoms with Crippen LogP contribution in [-0.2, 0) is 0 Å². The first kappa shape index (κ1) is 11.9. The molecule has 0 atom stereocenters. The van der Waals surface area contributed by atoms with E-state index < -0.39 is 11.9 Å². The maximum Gasteiger partial charge on any atom is 0.337 e. The highest BCUT2D eigenvalue weighted by atomic mass is 16.4. The summed E-state index contributed by atoms with van der Waals surface area (Å²) in [5.74, 6) is -2.51. The van der Waals surface area contributed by atoms with E-state index in [1.807, 2.05) is 0 Å². The second-order valence-corrected chi connectivity index (χ2v) is 3.63. The van der Waals surface area contributed by atoms with E-state index in [0.29, 0.717) is 11.1 Å². The molecule has 0 aromatic heterocycles. The molecule has 2 rings (SSSR count). The minimum Gasteiger partial charge on any atom is -0.478 e. The number of carboxylic acids is 2. The molecule has 0 aliphatic rings. The highest BCUT2D eigenvalue weighted by Crippen LogP contribution is 2.26. The van der Waals surface area contributed by atoms with E-state index in [4.69, 9.17) is 5.11 Å². The van der Waals surface area contributed by atoms with Crippen molar-refractivity contribution in [2.24, 2.45) is 0 Å². The molecule has 0 saturated heterocycles. The Bertz CT molecular complexity index is 602. The lowest BCUT2D eigenvalue weighted by Crippen LogP contribution is -2.09. The minimum absolute atomic E-state index is 0.198. The molecule has 2 N–H and O–H groups in total. The van der Waals surface area contributed by atoms with Crippen LogP contribution in [-0.4, -0.2) is 22.2 Å². The molecule has 2 aromatic carbocycles. The zero-order valence-corrected chi connectivity index (χ0v) is 9.25.